The van der Waals surface area contributed by atoms with Crippen LogP contribution in [-0.2, 0) is 22.7 Å². The highest BCUT2D eigenvalue weighted by Gasteiger charge is 2.11. The topological polar surface area (TPSA) is 106 Å². The van der Waals surface area contributed by atoms with Crippen LogP contribution in [0.25, 0.3) is 0 Å². The Morgan fingerprint density at radius 3 is 2.27 bits per heavy atom. The maximum atomic E-state index is 11.3. The second kappa shape index (κ2) is 14.6. The number of carboxylic acids is 1. The summed E-state index contributed by atoms with van der Waals surface area (Å²) in [5, 5.41) is 11.7. The van der Waals surface area contributed by atoms with Crippen LogP contribution in [0.1, 0.15) is 46.3 Å². The molecule has 0 spiro atoms. The number of amides is 1. The van der Waals surface area contributed by atoms with E-state index in [9.17, 15) is 19.6 Å². The Labute approximate surface area is 216 Å². The van der Waals surface area contributed by atoms with Crippen molar-refractivity contribution < 1.29 is 24.2 Å². The molecule has 3 aromatic carbocycles. The van der Waals surface area contributed by atoms with Gasteiger partial charge in [-0.25, -0.2) is 4.79 Å². The van der Waals surface area contributed by atoms with Gasteiger partial charge in [-0.05, 0) is 73.3 Å². The number of carbonyl (C=O) groups is 2. The molecule has 3 rings (SSSR count). The Morgan fingerprint density at radius 2 is 1.59 bits per heavy atom. The van der Waals surface area contributed by atoms with Crippen LogP contribution in [0.4, 0.5) is 0 Å². The van der Waals surface area contributed by atoms with E-state index in [0.29, 0.717) is 50.4 Å². The molecule has 3 aromatic rings. The van der Waals surface area contributed by atoms with E-state index < -0.39 is 11.9 Å². The fourth-order valence-corrected chi connectivity index (χ4v) is 3.91. The summed E-state index contributed by atoms with van der Waals surface area (Å²) in [5.41, 5.74) is 3.04. The number of hydrogen-bond donors (Lipinski definition) is 1. The Bertz CT molecular complexity index is 1160. The summed E-state index contributed by atoms with van der Waals surface area (Å²) in [6.07, 6.45) is 1.46. The number of para-hydroxylation sites is 1. The number of aromatic carboxylic acids is 1. The summed E-state index contributed by atoms with van der Waals surface area (Å²) in [4.78, 5) is 35.0. The maximum absolute atomic E-state index is 11.3. The van der Waals surface area contributed by atoms with Gasteiger partial charge in [0.2, 0.25) is 0 Å². The molecular weight excluding hydrogens is 472 g/mol. The lowest BCUT2D eigenvalue weighted by atomic mass is 10.0. The monoisotopic (exact) mass is 504 g/mol. The number of rotatable bonds is 15. The Hall–Kier alpha value is -3.88. The first-order valence-electron chi connectivity index (χ1n) is 12.3. The second-order valence-electron chi connectivity index (χ2n) is 8.78. The fourth-order valence-electron chi connectivity index (χ4n) is 3.91. The van der Waals surface area contributed by atoms with Crippen LogP contribution in [0, 0.1) is 11.8 Å². The first kappa shape index (κ1) is 27.7. The summed E-state index contributed by atoms with van der Waals surface area (Å²) in [6, 6.07) is 22.7. The van der Waals surface area contributed by atoms with Gasteiger partial charge in [-0.15, -0.1) is 4.91 Å². The fraction of sp³-hybridized carbons (Fsp3) is 0.310. The van der Waals surface area contributed by atoms with Crippen molar-refractivity contribution in [3.63, 3.8) is 0 Å². The molecule has 8 heteroatoms. The molecule has 8 nitrogen and oxygen atoms in total. The SMILES string of the molecule is Cc1cc(CN(CCCCC(=O)N=O)CCOCc2ccc(Oc3ccccc3)cc2)ccc1C(=O)O. The van der Waals surface area contributed by atoms with Crippen molar-refractivity contribution in [3.8, 4) is 11.5 Å². The number of carboxylic acid groups (broad SMARTS) is 1. The van der Waals surface area contributed by atoms with Crippen LogP contribution in [0.2, 0.25) is 0 Å². The number of nitrogens with zero attached hydrogens (tertiary/aromatic N) is 2. The van der Waals surface area contributed by atoms with Crippen molar-refractivity contribution in [2.45, 2.75) is 39.3 Å². The van der Waals surface area contributed by atoms with E-state index in [4.69, 9.17) is 9.47 Å². The van der Waals surface area contributed by atoms with Crippen molar-refractivity contribution >= 4 is 11.9 Å². The van der Waals surface area contributed by atoms with Gasteiger partial charge in [-0.3, -0.25) is 9.69 Å². The average molecular weight is 505 g/mol. The van der Waals surface area contributed by atoms with E-state index in [-0.39, 0.29) is 6.42 Å². The van der Waals surface area contributed by atoms with E-state index >= 15 is 0 Å². The number of nitroso groups, excluding NO2 is 1. The third kappa shape index (κ3) is 9.59. The van der Waals surface area contributed by atoms with Gasteiger partial charge in [0.1, 0.15) is 11.5 Å². The van der Waals surface area contributed by atoms with Crippen molar-refractivity contribution in [3.05, 3.63) is 100.0 Å². The molecule has 0 aliphatic rings. The van der Waals surface area contributed by atoms with E-state index in [2.05, 4.69) is 10.1 Å². The van der Waals surface area contributed by atoms with Gasteiger partial charge in [-0.1, -0.05) is 42.5 Å². The Kier molecular flexibility index (Phi) is 10.9. The van der Waals surface area contributed by atoms with Crippen molar-refractivity contribution in [2.24, 2.45) is 5.18 Å². The normalized spacial score (nSPS) is 10.9. The molecular formula is C29H32N2O6. The van der Waals surface area contributed by atoms with Crippen LogP contribution >= 0.6 is 0 Å². The highest BCUT2D eigenvalue weighted by Crippen LogP contribution is 2.21. The third-order valence-electron chi connectivity index (χ3n) is 5.87. The minimum Gasteiger partial charge on any atom is -0.478 e. The first-order valence-corrected chi connectivity index (χ1v) is 12.3. The molecule has 37 heavy (non-hydrogen) atoms. The van der Waals surface area contributed by atoms with Crippen molar-refractivity contribution in [1.82, 2.24) is 4.90 Å². The number of carbonyl (C=O) groups excluding carboxylic acids is 1. The molecule has 0 radical (unpaired) electrons. The van der Waals surface area contributed by atoms with Gasteiger partial charge in [-0.2, -0.15) is 0 Å². The summed E-state index contributed by atoms with van der Waals surface area (Å²) in [6.45, 7) is 4.74. The molecule has 1 N–H and O–H groups in total. The van der Waals surface area contributed by atoms with Crippen LogP contribution in [0.15, 0.2) is 78.0 Å². The zero-order valence-corrected chi connectivity index (χ0v) is 21.0. The molecule has 0 aromatic heterocycles. The minimum atomic E-state index is -0.942. The Morgan fingerprint density at radius 1 is 0.892 bits per heavy atom. The zero-order chi connectivity index (χ0) is 26.5. The lowest BCUT2D eigenvalue weighted by Gasteiger charge is -2.23. The third-order valence-corrected chi connectivity index (χ3v) is 5.87. The van der Waals surface area contributed by atoms with Gasteiger partial charge < -0.3 is 14.6 Å². The number of hydrogen-bond acceptors (Lipinski definition) is 6. The molecule has 0 fully saturated rings. The van der Waals surface area contributed by atoms with Crippen LogP contribution in [0.3, 0.4) is 0 Å². The zero-order valence-electron chi connectivity index (χ0n) is 21.0. The van der Waals surface area contributed by atoms with Gasteiger partial charge in [0.05, 0.1) is 18.8 Å². The molecule has 0 aliphatic heterocycles. The van der Waals surface area contributed by atoms with Gasteiger partial charge >= 0.3 is 5.97 Å². The predicted molar refractivity (Wildman–Crippen MR) is 141 cm³/mol. The highest BCUT2D eigenvalue weighted by atomic mass is 16.5. The first-order chi connectivity index (χ1) is 17.9. The summed E-state index contributed by atoms with van der Waals surface area (Å²) in [5.74, 6) is -0.0304. The average Bonchev–Trinajstić information content (AvgIpc) is 2.90. The second-order valence-corrected chi connectivity index (χ2v) is 8.78. The molecule has 0 unspecified atom stereocenters. The molecule has 0 saturated heterocycles. The quantitative estimate of drug-likeness (QED) is 0.201. The van der Waals surface area contributed by atoms with E-state index in [1.54, 1.807) is 13.0 Å². The van der Waals surface area contributed by atoms with Gasteiger partial charge in [0.25, 0.3) is 5.91 Å². The summed E-state index contributed by atoms with van der Waals surface area (Å²) >= 11 is 0. The molecule has 194 valence electrons. The van der Waals surface area contributed by atoms with Gasteiger partial charge in [0.15, 0.2) is 0 Å². The van der Waals surface area contributed by atoms with Gasteiger partial charge in [0, 0.05) is 24.7 Å². The number of aryl methyl sites for hydroxylation is 1. The van der Waals surface area contributed by atoms with E-state index in [0.717, 1.165) is 29.0 Å². The standard InChI is InChI=1S/C29H32N2O6/c1-22-19-24(12-15-27(22)29(33)34)20-31(16-6-5-9-28(32)30-35)17-18-36-21-23-10-13-26(14-11-23)37-25-7-3-2-4-8-25/h2-4,7-8,10-15,19H,5-6,9,16-18,20-21H2,1H3,(H,33,34). The smallest absolute Gasteiger partial charge is 0.335 e. The molecule has 0 aliphatic carbocycles. The minimum absolute atomic E-state index is 0.143. The lowest BCUT2D eigenvalue weighted by molar-refractivity contribution is -0.118. The maximum Gasteiger partial charge on any atom is 0.335 e. The van der Waals surface area contributed by atoms with Crippen molar-refractivity contribution in [1.29, 1.82) is 0 Å². The number of unbranched alkanes of at least 4 members (excludes halogenated alkanes) is 1. The predicted octanol–water partition coefficient (Wildman–Crippen LogP) is 5.97. The number of benzene rings is 3. The number of ether oxygens (including phenoxy) is 2. The lowest BCUT2D eigenvalue weighted by Crippen LogP contribution is -2.28. The molecule has 0 atom stereocenters. The molecule has 0 saturated carbocycles. The summed E-state index contributed by atoms with van der Waals surface area (Å²) < 4.78 is 11.7. The van der Waals surface area contributed by atoms with Crippen LogP contribution in [0.5, 0.6) is 11.5 Å². The van der Waals surface area contributed by atoms with E-state index in [1.807, 2.05) is 66.7 Å². The Balaban J connectivity index is 1.50. The highest BCUT2D eigenvalue weighted by molar-refractivity contribution is 5.89. The molecule has 0 heterocycles. The molecule has 0 bridgehead atoms. The van der Waals surface area contributed by atoms with Crippen LogP contribution in [-0.4, -0.2) is 41.6 Å². The molecule has 1 amide bonds. The van der Waals surface area contributed by atoms with Crippen molar-refractivity contribution in [2.75, 3.05) is 19.7 Å². The summed E-state index contributed by atoms with van der Waals surface area (Å²) in [7, 11) is 0. The van der Waals surface area contributed by atoms with Crippen LogP contribution < -0.4 is 4.74 Å². The van der Waals surface area contributed by atoms with E-state index in [1.165, 1.54) is 0 Å². The largest absolute Gasteiger partial charge is 0.478 e.